The van der Waals surface area contributed by atoms with Crippen molar-refractivity contribution in [2.75, 3.05) is 0 Å². The lowest BCUT2D eigenvalue weighted by Gasteiger charge is -2.28. The Labute approximate surface area is 139 Å². The standard InChI is InChI=1S/C18H15ClN2O2/c1-11-15(17(22)13-5-3-2-4-6-13)16(21-18(23)20-11)12-7-9-14(19)10-8-12/h2-10,16H,1H3,(H2,20,21,23)/t16-/m1/s1. The predicted octanol–water partition coefficient (Wildman–Crippen LogP) is 3.85. The first kappa shape index (κ1) is 15.3. The van der Waals surface area contributed by atoms with Gasteiger partial charge in [-0.2, -0.15) is 0 Å². The molecule has 0 aliphatic carbocycles. The summed E-state index contributed by atoms with van der Waals surface area (Å²) in [5, 5.41) is 6.09. The van der Waals surface area contributed by atoms with Gasteiger partial charge in [-0.25, -0.2) is 4.79 Å². The van der Waals surface area contributed by atoms with Crippen LogP contribution in [0.2, 0.25) is 5.02 Å². The zero-order chi connectivity index (χ0) is 16.4. The van der Waals surface area contributed by atoms with Crippen LogP contribution in [0.1, 0.15) is 28.9 Å². The van der Waals surface area contributed by atoms with Crippen molar-refractivity contribution < 1.29 is 9.59 Å². The molecule has 0 unspecified atom stereocenters. The zero-order valence-corrected chi connectivity index (χ0v) is 13.2. The van der Waals surface area contributed by atoms with Crippen LogP contribution in [-0.2, 0) is 0 Å². The van der Waals surface area contributed by atoms with Crippen molar-refractivity contribution in [3.63, 3.8) is 0 Å². The van der Waals surface area contributed by atoms with Crippen LogP contribution in [0.5, 0.6) is 0 Å². The number of urea groups is 1. The molecule has 2 aromatic rings. The van der Waals surface area contributed by atoms with E-state index in [9.17, 15) is 9.59 Å². The highest BCUT2D eigenvalue weighted by molar-refractivity contribution is 6.30. The molecule has 116 valence electrons. The van der Waals surface area contributed by atoms with Gasteiger partial charge in [0.05, 0.1) is 6.04 Å². The number of hydrogen-bond acceptors (Lipinski definition) is 2. The highest BCUT2D eigenvalue weighted by Gasteiger charge is 2.31. The number of nitrogens with one attached hydrogen (secondary N) is 2. The molecule has 1 atom stereocenters. The Morgan fingerprint density at radius 1 is 1.04 bits per heavy atom. The van der Waals surface area contributed by atoms with Crippen LogP contribution in [0.4, 0.5) is 4.79 Å². The number of halogens is 1. The molecule has 1 aliphatic heterocycles. The first-order valence-corrected chi connectivity index (χ1v) is 7.57. The third kappa shape index (κ3) is 3.12. The van der Waals surface area contributed by atoms with Gasteiger partial charge in [-0.05, 0) is 24.6 Å². The fourth-order valence-electron chi connectivity index (χ4n) is 2.65. The van der Waals surface area contributed by atoms with E-state index < -0.39 is 6.04 Å². The van der Waals surface area contributed by atoms with Gasteiger partial charge in [0.15, 0.2) is 5.78 Å². The Morgan fingerprint density at radius 3 is 2.35 bits per heavy atom. The van der Waals surface area contributed by atoms with Gasteiger partial charge in [-0.3, -0.25) is 4.79 Å². The Hall–Kier alpha value is -2.59. The number of amides is 2. The Morgan fingerprint density at radius 2 is 1.70 bits per heavy atom. The predicted molar refractivity (Wildman–Crippen MR) is 89.3 cm³/mol. The summed E-state index contributed by atoms with van der Waals surface area (Å²) >= 11 is 5.92. The second kappa shape index (κ2) is 6.26. The van der Waals surface area contributed by atoms with Crippen molar-refractivity contribution in [3.05, 3.63) is 82.0 Å². The molecule has 0 aromatic heterocycles. The molecule has 1 heterocycles. The molecule has 1 aliphatic rings. The van der Waals surface area contributed by atoms with E-state index in [1.54, 1.807) is 31.2 Å². The molecule has 2 amide bonds. The lowest BCUT2D eigenvalue weighted by atomic mass is 9.90. The third-order valence-corrected chi connectivity index (χ3v) is 4.01. The molecule has 23 heavy (non-hydrogen) atoms. The van der Waals surface area contributed by atoms with Gasteiger partial charge in [-0.1, -0.05) is 54.1 Å². The number of carbonyl (C=O) groups excluding carboxylic acids is 2. The van der Waals surface area contributed by atoms with Crippen molar-refractivity contribution in [2.45, 2.75) is 13.0 Å². The topological polar surface area (TPSA) is 58.2 Å². The van der Waals surface area contributed by atoms with E-state index in [-0.39, 0.29) is 11.8 Å². The van der Waals surface area contributed by atoms with Gasteiger partial charge < -0.3 is 10.6 Å². The van der Waals surface area contributed by atoms with Crippen LogP contribution in [0.25, 0.3) is 0 Å². The molecule has 3 rings (SSSR count). The van der Waals surface area contributed by atoms with E-state index in [1.165, 1.54) is 0 Å². The average Bonchev–Trinajstić information content (AvgIpc) is 2.55. The smallest absolute Gasteiger partial charge is 0.319 e. The largest absolute Gasteiger partial charge is 0.327 e. The number of ketones is 1. The number of Topliss-reactive ketones (excluding diaryl/α,β-unsaturated/α-hetero) is 1. The average molecular weight is 327 g/mol. The monoisotopic (exact) mass is 326 g/mol. The summed E-state index contributed by atoms with van der Waals surface area (Å²) in [6.45, 7) is 1.73. The fraction of sp³-hybridized carbons (Fsp3) is 0.111. The van der Waals surface area contributed by atoms with Crippen LogP contribution < -0.4 is 10.6 Å². The number of allylic oxidation sites excluding steroid dienone is 1. The van der Waals surface area contributed by atoms with E-state index in [1.807, 2.05) is 30.3 Å². The summed E-state index contributed by atoms with van der Waals surface area (Å²) in [5.74, 6) is -0.115. The van der Waals surface area contributed by atoms with Gasteiger partial charge in [0.1, 0.15) is 0 Å². The Bertz CT molecular complexity index is 782. The van der Waals surface area contributed by atoms with E-state index in [0.29, 0.717) is 21.9 Å². The maximum Gasteiger partial charge on any atom is 0.319 e. The maximum absolute atomic E-state index is 12.9. The summed E-state index contributed by atoms with van der Waals surface area (Å²) in [4.78, 5) is 24.7. The molecule has 5 heteroatoms. The third-order valence-electron chi connectivity index (χ3n) is 3.75. The highest BCUT2D eigenvalue weighted by Crippen LogP contribution is 2.30. The number of benzene rings is 2. The molecule has 4 nitrogen and oxygen atoms in total. The first-order valence-electron chi connectivity index (χ1n) is 7.20. The first-order chi connectivity index (χ1) is 11.1. The van der Waals surface area contributed by atoms with Gasteiger partial charge in [0, 0.05) is 21.9 Å². The molecule has 2 N–H and O–H groups in total. The SMILES string of the molecule is CC1=C(C(=O)c2ccccc2)[C@@H](c2ccc(Cl)cc2)NC(=O)N1. The second-order valence-corrected chi connectivity index (χ2v) is 5.75. The van der Waals surface area contributed by atoms with Gasteiger partial charge in [0.25, 0.3) is 0 Å². The Balaban J connectivity index is 2.06. The van der Waals surface area contributed by atoms with Crippen LogP contribution >= 0.6 is 11.6 Å². The zero-order valence-electron chi connectivity index (χ0n) is 12.5. The van der Waals surface area contributed by atoms with Crippen LogP contribution in [-0.4, -0.2) is 11.8 Å². The van der Waals surface area contributed by atoms with Crippen molar-refractivity contribution in [1.82, 2.24) is 10.6 Å². The minimum Gasteiger partial charge on any atom is -0.327 e. The highest BCUT2D eigenvalue weighted by atomic mass is 35.5. The molecule has 0 fully saturated rings. The number of hydrogen-bond donors (Lipinski definition) is 2. The van der Waals surface area contributed by atoms with E-state index >= 15 is 0 Å². The molecule has 0 bridgehead atoms. The maximum atomic E-state index is 12.9. The summed E-state index contributed by atoms with van der Waals surface area (Å²) in [6, 6.07) is 15.3. The van der Waals surface area contributed by atoms with Crippen molar-refractivity contribution in [3.8, 4) is 0 Å². The molecule has 2 aromatic carbocycles. The summed E-state index contributed by atoms with van der Waals surface area (Å²) in [7, 11) is 0. The summed E-state index contributed by atoms with van der Waals surface area (Å²) < 4.78 is 0. The normalized spacial score (nSPS) is 17.5. The van der Waals surface area contributed by atoms with E-state index in [0.717, 1.165) is 5.56 Å². The molecule has 0 saturated carbocycles. The lowest BCUT2D eigenvalue weighted by Crippen LogP contribution is -2.45. The van der Waals surface area contributed by atoms with Crippen molar-refractivity contribution in [1.29, 1.82) is 0 Å². The van der Waals surface area contributed by atoms with Crippen LogP contribution in [0.15, 0.2) is 65.9 Å². The molecule has 0 spiro atoms. The quantitative estimate of drug-likeness (QED) is 0.842. The number of carbonyl (C=O) groups is 2. The van der Waals surface area contributed by atoms with E-state index in [2.05, 4.69) is 10.6 Å². The van der Waals surface area contributed by atoms with Crippen molar-refractivity contribution >= 4 is 23.4 Å². The molecular formula is C18H15ClN2O2. The Kier molecular flexibility index (Phi) is 4.17. The second-order valence-electron chi connectivity index (χ2n) is 5.32. The fourth-order valence-corrected chi connectivity index (χ4v) is 2.77. The minimum absolute atomic E-state index is 0.115. The molecule has 0 radical (unpaired) electrons. The van der Waals surface area contributed by atoms with Crippen LogP contribution in [0, 0.1) is 0 Å². The molecule has 0 saturated heterocycles. The van der Waals surface area contributed by atoms with Crippen LogP contribution in [0.3, 0.4) is 0 Å². The van der Waals surface area contributed by atoms with Crippen molar-refractivity contribution in [2.24, 2.45) is 0 Å². The lowest BCUT2D eigenvalue weighted by molar-refractivity contribution is 0.102. The number of rotatable bonds is 3. The minimum atomic E-state index is -0.506. The van der Waals surface area contributed by atoms with Gasteiger partial charge >= 0.3 is 6.03 Å². The van der Waals surface area contributed by atoms with E-state index in [4.69, 9.17) is 11.6 Å². The summed E-state index contributed by atoms with van der Waals surface area (Å²) in [6.07, 6.45) is 0. The van der Waals surface area contributed by atoms with Gasteiger partial charge in [-0.15, -0.1) is 0 Å². The summed E-state index contributed by atoms with van der Waals surface area (Å²) in [5.41, 5.74) is 2.47. The molecular weight excluding hydrogens is 312 g/mol. The van der Waals surface area contributed by atoms with Gasteiger partial charge in [0.2, 0.25) is 0 Å².